The molecule has 0 saturated carbocycles. The van der Waals surface area contributed by atoms with Crippen molar-refractivity contribution < 1.29 is 19.0 Å². The number of rotatable bonds is 6. The summed E-state index contributed by atoms with van der Waals surface area (Å²) in [5.41, 5.74) is 1.74. The predicted octanol–water partition coefficient (Wildman–Crippen LogP) is 3.53. The van der Waals surface area contributed by atoms with E-state index in [1.54, 1.807) is 14.2 Å². The Balaban J connectivity index is 1.56. The van der Waals surface area contributed by atoms with Crippen LogP contribution in [0.3, 0.4) is 0 Å². The molecule has 0 N–H and O–H groups in total. The summed E-state index contributed by atoms with van der Waals surface area (Å²) in [7, 11) is 3.35. The fourth-order valence-corrected chi connectivity index (χ4v) is 3.08. The van der Waals surface area contributed by atoms with E-state index in [0.29, 0.717) is 18.7 Å². The van der Waals surface area contributed by atoms with Gasteiger partial charge in [0.05, 0.1) is 13.2 Å². The summed E-state index contributed by atoms with van der Waals surface area (Å²) in [6.45, 7) is 1.92. The van der Waals surface area contributed by atoms with Gasteiger partial charge in [-0.15, -0.1) is 0 Å². The van der Waals surface area contributed by atoms with Crippen molar-refractivity contribution in [2.45, 2.75) is 25.6 Å². The lowest BCUT2D eigenvalue weighted by Gasteiger charge is -2.32. The molecule has 1 atom stereocenters. The van der Waals surface area contributed by atoms with Crippen LogP contribution in [0.4, 0.5) is 0 Å². The van der Waals surface area contributed by atoms with E-state index in [4.69, 9.17) is 14.2 Å². The molecular formula is C21H25NO4. The Morgan fingerprint density at radius 2 is 1.73 bits per heavy atom. The van der Waals surface area contributed by atoms with Gasteiger partial charge in [-0.25, -0.2) is 0 Å². The highest BCUT2D eigenvalue weighted by Crippen LogP contribution is 2.19. The first-order valence-electron chi connectivity index (χ1n) is 8.87. The number of carbonyl (C=O) groups is 1. The van der Waals surface area contributed by atoms with E-state index in [9.17, 15) is 4.79 Å². The maximum atomic E-state index is 12.6. The van der Waals surface area contributed by atoms with Crippen LogP contribution in [-0.2, 0) is 11.3 Å². The molecule has 0 spiro atoms. The van der Waals surface area contributed by atoms with Crippen LogP contribution >= 0.6 is 0 Å². The van der Waals surface area contributed by atoms with Gasteiger partial charge in [0.15, 0.2) is 0 Å². The molecule has 5 heteroatoms. The predicted molar refractivity (Wildman–Crippen MR) is 99.7 cm³/mol. The van der Waals surface area contributed by atoms with Gasteiger partial charge in [0, 0.05) is 25.8 Å². The van der Waals surface area contributed by atoms with Gasteiger partial charge >= 0.3 is 0 Å². The lowest BCUT2D eigenvalue weighted by Crippen LogP contribution is -2.42. The fraction of sp³-hybridized carbons (Fsp3) is 0.381. The minimum Gasteiger partial charge on any atom is -0.497 e. The number of hydrogen-bond acceptors (Lipinski definition) is 4. The Hall–Kier alpha value is -2.53. The zero-order valence-electron chi connectivity index (χ0n) is 15.3. The Morgan fingerprint density at radius 1 is 1.04 bits per heavy atom. The molecule has 138 valence electrons. The normalized spacial score (nSPS) is 17.0. The van der Waals surface area contributed by atoms with Crippen molar-refractivity contribution in [2.75, 3.05) is 27.3 Å². The average molecular weight is 355 g/mol. The molecule has 1 heterocycles. The zero-order valence-corrected chi connectivity index (χ0v) is 15.3. The molecule has 1 amide bonds. The highest BCUT2D eigenvalue weighted by molar-refractivity contribution is 5.94. The van der Waals surface area contributed by atoms with Gasteiger partial charge in [0.25, 0.3) is 5.91 Å². The van der Waals surface area contributed by atoms with Crippen LogP contribution in [0.2, 0.25) is 0 Å². The number of carbonyl (C=O) groups excluding carboxylic acids is 1. The summed E-state index contributed by atoms with van der Waals surface area (Å²) in [4.78, 5) is 14.5. The van der Waals surface area contributed by atoms with E-state index >= 15 is 0 Å². The van der Waals surface area contributed by atoms with Crippen LogP contribution in [0, 0.1) is 0 Å². The quantitative estimate of drug-likeness (QED) is 0.795. The lowest BCUT2D eigenvalue weighted by atomic mass is 10.1. The maximum Gasteiger partial charge on any atom is 0.253 e. The van der Waals surface area contributed by atoms with Gasteiger partial charge < -0.3 is 19.1 Å². The molecule has 0 bridgehead atoms. The summed E-state index contributed by atoms with van der Waals surface area (Å²) in [5, 5.41) is 0. The highest BCUT2D eigenvalue weighted by Gasteiger charge is 2.24. The fourth-order valence-electron chi connectivity index (χ4n) is 3.08. The summed E-state index contributed by atoms with van der Waals surface area (Å²) >= 11 is 0. The SMILES string of the molecule is COc1ccc(COc2ccc(C(=O)N3CCCC(OC)C3)cc2)cc1. The van der Waals surface area contributed by atoms with Gasteiger partial charge in [-0.1, -0.05) is 12.1 Å². The minimum atomic E-state index is 0.0495. The van der Waals surface area contributed by atoms with Crippen LogP contribution in [0.25, 0.3) is 0 Å². The van der Waals surface area contributed by atoms with Crippen LogP contribution in [0.15, 0.2) is 48.5 Å². The van der Waals surface area contributed by atoms with Crippen molar-refractivity contribution in [1.29, 1.82) is 0 Å². The Labute approximate surface area is 154 Å². The van der Waals surface area contributed by atoms with E-state index in [1.807, 2.05) is 53.4 Å². The number of hydrogen-bond donors (Lipinski definition) is 0. The molecule has 0 radical (unpaired) electrons. The van der Waals surface area contributed by atoms with Gasteiger partial charge in [-0.05, 0) is 54.8 Å². The van der Waals surface area contributed by atoms with Crippen LogP contribution in [0.5, 0.6) is 11.5 Å². The Bertz CT molecular complexity index is 712. The molecule has 5 nitrogen and oxygen atoms in total. The second-order valence-electron chi connectivity index (χ2n) is 6.41. The molecule has 1 fully saturated rings. The molecule has 1 aliphatic heterocycles. The van der Waals surface area contributed by atoms with Crippen LogP contribution < -0.4 is 9.47 Å². The lowest BCUT2D eigenvalue weighted by molar-refractivity contribution is 0.0269. The molecule has 0 aromatic heterocycles. The third kappa shape index (κ3) is 4.55. The van der Waals surface area contributed by atoms with Gasteiger partial charge in [0.2, 0.25) is 0 Å². The first kappa shape index (κ1) is 18.3. The monoisotopic (exact) mass is 355 g/mol. The molecule has 0 aliphatic carbocycles. The average Bonchev–Trinajstić information content (AvgIpc) is 2.72. The number of amides is 1. The van der Waals surface area contributed by atoms with E-state index in [-0.39, 0.29) is 12.0 Å². The van der Waals surface area contributed by atoms with Gasteiger partial charge in [-0.3, -0.25) is 4.79 Å². The van der Waals surface area contributed by atoms with Crippen molar-refractivity contribution >= 4 is 5.91 Å². The molecular weight excluding hydrogens is 330 g/mol. The van der Waals surface area contributed by atoms with Gasteiger partial charge in [0.1, 0.15) is 18.1 Å². The third-order valence-electron chi connectivity index (χ3n) is 4.66. The zero-order chi connectivity index (χ0) is 18.4. The summed E-state index contributed by atoms with van der Waals surface area (Å²) < 4.78 is 16.3. The number of likely N-dealkylation sites (tertiary alicyclic amines) is 1. The Morgan fingerprint density at radius 3 is 2.38 bits per heavy atom. The van der Waals surface area contributed by atoms with Crippen molar-refractivity contribution in [3.63, 3.8) is 0 Å². The molecule has 1 saturated heterocycles. The second kappa shape index (κ2) is 8.72. The summed E-state index contributed by atoms with van der Waals surface area (Å²) in [6, 6.07) is 15.1. The first-order valence-corrected chi connectivity index (χ1v) is 8.87. The molecule has 26 heavy (non-hydrogen) atoms. The summed E-state index contributed by atoms with van der Waals surface area (Å²) in [6.07, 6.45) is 2.13. The van der Waals surface area contributed by atoms with Crippen LogP contribution in [0.1, 0.15) is 28.8 Å². The molecule has 1 unspecified atom stereocenters. The molecule has 1 aliphatic rings. The standard InChI is InChI=1S/C21H25NO4/c1-24-18-9-5-16(6-10-18)15-26-19-11-7-17(8-12-19)21(23)22-13-3-4-20(14-22)25-2/h5-12,20H,3-4,13-15H2,1-2H3. The van der Waals surface area contributed by atoms with E-state index in [2.05, 4.69) is 0 Å². The topological polar surface area (TPSA) is 48.0 Å². The second-order valence-corrected chi connectivity index (χ2v) is 6.41. The molecule has 3 rings (SSSR count). The molecule has 2 aromatic rings. The van der Waals surface area contributed by atoms with E-state index in [0.717, 1.165) is 36.4 Å². The highest BCUT2D eigenvalue weighted by atomic mass is 16.5. The van der Waals surface area contributed by atoms with Crippen molar-refractivity contribution in [3.05, 3.63) is 59.7 Å². The van der Waals surface area contributed by atoms with E-state index in [1.165, 1.54) is 0 Å². The Kier molecular flexibility index (Phi) is 6.12. The number of methoxy groups -OCH3 is 2. The number of nitrogens with zero attached hydrogens (tertiary/aromatic N) is 1. The number of benzene rings is 2. The maximum absolute atomic E-state index is 12.6. The third-order valence-corrected chi connectivity index (χ3v) is 4.66. The number of piperidine rings is 1. The van der Waals surface area contributed by atoms with Crippen molar-refractivity contribution in [2.24, 2.45) is 0 Å². The summed E-state index contributed by atoms with van der Waals surface area (Å²) in [5.74, 6) is 1.62. The van der Waals surface area contributed by atoms with Gasteiger partial charge in [-0.2, -0.15) is 0 Å². The smallest absolute Gasteiger partial charge is 0.253 e. The number of ether oxygens (including phenoxy) is 3. The van der Waals surface area contributed by atoms with Crippen molar-refractivity contribution in [3.8, 4) is 11.5 Å². The molecule has 2 aromatic carbocycles. The minimum absolute atomic E-state index is 0.0495. The van der Waals surface area contributed by atoms with Crippen LogP contribution in [-0.4, -0.2) is 44.2 Å². The van der Waals surface area contributed by atoms with Crippen molar-refractivity contribution in [1.82, 2.24) is 4.90 Å². The first-order chi connectivity index (χ1) is 12.7. The largest absolute Gasteiger partial charge is 0.497 e. The van der Waals surface area contributed by atoms with E-state index < -0.39 is 0 Å².